The number of halogens is 2. The molecule has 5 heterocycles. The van der Waals surface area contributed by atoms with Gasteiger partial charge in [-0.3, -0.25) is 24.5 Å². The summed E-state index contributed by atoms with van der Waals surface area (Å²) in [5.41, 5.74) is 3.18. The molecular formula is C43H49F2N7O6. The summed E-state index contributed by atoms with van der Waals surface area (Å²) in [6, 6.07) is 12.5. The molecule has 2 aromatic heterocycles. The van der Waals surface area contributed by atoms with E-state index in [0.29, 0.717) is 58.8 Å². The molecular weight excluding hydrogens is 749 g/mol. The minimum absolute atomic E-state index is 0.136. The molecule has 1 saturated carbocycles. The first-order valence-electron chi connectivity index (χ1n) is 20.3. The molecule has 4 amide bonds. The normalized spacial score (nSPS) is 21.9. The highest BCUT2D eigenvalue weighted by Crippen LogP contribution is 2.39. The lowest BCUT2D eigenvalue weighted by atomic mass is 9.81. The molecule has 15 heteroatoms. The van der Waals surface area contributed by atoms with E-state index in [1.54, 1.807) is 17.0 Å². The minimum atomic E-state index is -3.18. The summed E-state index contributed by atoms with van der Waals surface area (Å²) < 4.78 is 39.4. The van der Waals surface area contributed by atoms with E-state index >= 15 is 0 Å². The van der Waals surface area contributed by atoms with Crippen molar-refractivity contribution in [2.24, 2.45) is 11.8 Å². The topological polar surface area (TPSA) is 159 Å². The van der Waals surface area contributed by atoms with Crippen molar-refractivity contribution in [2.45, 2.75) is 89.1 Å². The van der Waals surface area contributed by atoms with Crippen LogP contribution >= 0.6 is 0 Å². The van der Waals surface area contributed by atoms with E-state index in [1.807, 2.05) is 18.2 Å². The van der Waals surface area contributed by atoms with Gasteiger partial charge in [-0.05, 0) is 100 Å². The summed E-state index contributed by atoms with van der Waals surface area (Å²) in [5.74, 6) is -2.22. The molecule has 58 heavy (non-hydrogen) atoms. The predicted octanol–water partition coefficient (Wildman–Crippen LogP) is 6.84. The molecule has 306 valence electrons. The van der Waals surface area contributed by atoms with Crippen molar-refractivity contribution in [3.8, 4) is 5.75 Å². The second-order valence-electron chi connectivity index (χ2n) is 16.2. The van der Waals surface area contributed by atoms with E-state index < -0.39 is 29.5 Å². The molecule has 0 radical (unpaired) electrons. The summed E-state index contributed by atoms with van der Waals surface area (Å²) >= 11 is 0. The van der Waals surface area contributed by atoms with Gasteiger partial charge < -0.3 is 29.6 Å². The van der Waals surface area contributed by atoms with Gasteiger partial charge in [-0.15, -0.1) is 0 Å². The Hall–Kier alpha value is -5.44. The number of piperidine rings is 2. The van der Waals surface area contributed by atoms with Crippen molar-refractivity contribution in [2.75, 3.05) is 43.9 Å². The van der Waals surface area contributed by atoms with Crippen LogP contribution in [0, 0.1) is 11.8 Å². The number of imide groups is 1. The van der Waals surface area contributed by atoms with Crippen LogP contribution in [-0.2, 0) is 22.1 Å². The summed E-state index contributed by atoms with van der Waals surface area (Å²) in [7, 11) is 1.48. The van der Waals surface area contributed by atoms with Crippen LogP contribution in [-0.4, -0.2) is 82.7 Å². The minimum Gasteiger partial charge on any atom is -0.494 e. The molecule has 1 aliphatic carbocycles. The fourth-order valence-corrected chi connectivity index (χ4v) is 8.99. The number of aromatic nitrogens is 2. The van der Waals surface area contributed by atoms with Crippen molar-refractivity contribution < 1.29 is 37.1 Å². The maximum atomic E-state index is 13.8. The van der Waals surface area contributed by atoms with Gasteiger partial charge >= 0.3 is 0 Å². The van der Waals surface area contributed by atoms with Gasteiger partial charge in [0, 0.05) is 56.7 Å². The first-order chi connectivity index (χ1) is 27.9. The number of hydrogen-bond donors (Lipinski definition) is 3. The Morgan fingerprint density at radius 1 is 0.966 bits per heavy atom. The lowest BCUT2D eigenvalue weighted by Gasteiger charge is -2.36. The Kier molecular flexibility index (Phi) is 11.2. The van der Waals surface area contributed by atoms with Crippen molar-refractivity contribution in [1.82, 2.24) is 25.1 Å². The number of likely N-dealkylation sites (tertiary alicyclic amines) is 1. The number of anilines is 2. The zero-order valence-electron chi connectivity index (χ0n) is 32.8. The maximum Gasteiger partial charge on any atom is 0.287 e. The Bertz CT molecular complexity index is 2210. The van der Waals surface area contributed by atoms with Crippen LogP contribution in [0.2, 0.25) is 0 Å². The maximum absolute atomic E-state index is 13.8. The molecule has 1 atom stereocenters. The lowest BCUT2D eigenvalue weighted by Crippen LogP contribution is -2.52. The van der Waals surface area contributed by atoms with Gasteiger partial charge in [-0.2, -0.15) is 8.78 Å². The Balaban J connectivity index is 0.786. The molecule has 1 unspecified atom stereocenters. The number of methoxy groups -OCH3 is 1. The number of hydrogen-bond acceptors (Lipinski definition) is 10. The highest BCUT2D eigenvalue weighted by atomic mass is 19.3. The highest BCUT2D eigenvalue weighted by Gasteiger charge is 2.40. The summed E-state index contributed by atoms with van der Waals surface area (Å²) in [5, 5.41) is 8.62. The molecule has 4 aliphatic rings. The number of ether oxygens (including phenoxy) is 1. The molecule has 3 N–H and O–H groups in total. The fraction of sp³-hybridized carbons (Fsp3) is 0.488. The average molecular weight is 798 g/mol. The number of benzene rings is 2. The van der Waals surface area contributed by atoms with Gasteiger partial charge in [0.15, 0.2) is 11.5 Å². The smallest absolute Gasteiger partial charge is 0.287 e. The van der Waals surface area contributed by atoms with E-state index in [4.69, 9.17) is 14.1 Å². The van der Waals surface area contributed by atoms with Crippen molar-refractivity contribution in [3.63, 3.8) is 0 Å². The summed E-state index contributed by atoms with van der Waals surface area (Å²) in [6.45, 7) is 5.11. The van der Waals surface area contributed by atoms with Gasteiger partial charge in [0.1, 0.15) is 28.7 Å². The third-order valence-corrected chi connectivity index (χ3v) is 12.2. The van der Waals surface area contributed by atoms with E-state index in [1.165, 1.54) is 25.3 Å². The summed E-state index contributed by atoms with van der Waals surface area (Å²) in [4.78, 5) is 63.4. The number of alkyl halides is 2. The van der Waals surface area contributed by atoms with E-state index in [0.717, 1.165) is 89.3 Å². The molecule has 0 bridgehead atoms. The van der Waals surface area contributed by atoms with Crippen molar-refractivity contribution in [3.05, 3.63) is 76.9 Å². The third kappa shape index (κ3) is 8.40. The monoisotopic (exact) mass is 797 g/mol. The number of pyridine rings is 1. The fourth-order valence-electron chi connectivity index (χ4n) is 8.99. The van der Waals surface area contributed by atoms with E-state index in [2.05, 4.69) is 25.8 Å². The first-order valence-corrected chi connectivity index (χ1v) is 20.3. The first kappa shape index (κ1) is 39.4. The average Bonchev–Trinajstić information content (AvgIpc) is 3.78. The number of amides is 4. The standard InChI is InChI=1S/C43H49F2N7O6/c1-43(44,45)36-8-4-7-30(47-36)39(54)48-31-22-35-32(21-34(31)57-2)49-41(58-35)27-11-9-26(10-12-27)23-51-19-16-25(17-20-51)15-18-46-29-6-3-5-28-24-52(42(56)38(28)29)33-13-14-37(53)50-40(33)55/h3-8,21-22,25-27,33,46H,9-20,23-24H2,1-2H3,(H,48,54)(H,50,53,55)/t26-,27-,33?. The van der Waals surface area contributed by atoms with Crippen LogP contribution in [0.3, 0.4) is 0 Å². The Labute approximate surface area is 335 Å². The molecule has 4 aromatic rings. The highest BCUT2D eigenvalue weighted by molar-refractivity contribution is 6.08. The van der Waals surface area contributed by atoms with Crippen molar-refractivity contribution in [1.29, 1.82) is 0 Å². The van der Waals surface area contributed by atoms with Crippen molar-refractivity contribution >= 4 is 46.1 Å². The Morgan fingerprint density at radius 3 is 2.48 bits per heavy atom. The quantitative estimate of drug-likeness (QED) is 0.130. The Morgan fingerprint density at radius 2 is 1.74 bits per heavy atom. The molecule has 0 spiro atoms. The number of carbonyl (C=O) groups is 4. The van der Waals surface area contributed by atoms with Gasteiger partial charge in [0.2, 0.25) is 11.8 Å². The number of rotatable bonds is 12. The second kappa shape index (κ2) is 16.4. The molecule has 2 saturated heterocycles. The zero-order valence-corrected chi connectivity index (χ0v) is 32.8. The lowest BCUT2D eigenvalue weighted by molar-refractivity contribution is -0.136. The van der Waals surface area contributed by atoms with Crippen LogP contribution in [0.15, 0.2) is 52.9 Å². The predicted molar refractivity (Wildman–Crippen MR) is 212 cm³/mol. The van der Waals surface area contributed by atoms with Crippen LogP contribution < -0.4 is 20.7 Å². The SMILES string of the molecule is COc1cc2nc([C@H]3CC[C@H](CN4CCC(CCNc5cccc6c5C(=O)N(C5CCC(=O)NC5=O)C6)CC4)CC3)oc2cc1NC(=O)c1cccc(C(C)(F)F)n1. The van der Waals surface area contributed by atoms with Crippen LogP contribution in [0.5, 0.6) is 5.75 Å². The van der Waals surface area contributed by atoms with Crippen LogP contribution in [0.25, 0.3) is 11.1 Å². The molecule has 3 aliphatic heterocycles. The van der Waals surface area contributed by atoms with E-state index in [9.17, 15) is 28.0 Å². The number of fused-ring (bicyclic) bond motifs is 2. The molecule has 3 fully saturated rings. The van der Waals surface area contributed by atoms with Gasteiger partial charge in [-0.1, -0.05) is 18.2 Å². The van der Waals surface area contributed by atoms with Gasteiger partial charge in [-0.25, -0.2) is 9.97 Å². The molecule has 2 aromatic carbocycles. The van der Waals surface area contributed by atoms with E-state index in [-0.39, 0.29) is 29.8 Å². The number of carbonyl (C=O) groups excluding carboxylic acids is 4. The van der Waals surface area contributed by atoms with Crippen LogP contribution in [0.1, 0.15) is 109 Å². The summed E-state index contributed by atoms with van der Waals surface area (Å²) in [6.07, 6.45) is 8.00. The molecule has 8 rings (SSSR count). The largest absolute Gasteiger partial charge is 0.494 e. The molecule has 13 nitrogen and oxygen atoms in total. The van der Waals surface area contributed by atoms with Crippen LogP contribution in [0.4, 0.5) is 20.2 Å². The number of nitrogens with one attached hydrogen (secondary N) is 3. The van der Waals surface area contributed by atoms with Gasteiger partial charge in [0.05, 0.1) is 18.4 Å². The number of oxazole rings is 1. The third-order valence-electron chi connectivity index (χ3n) is 12.2. The number of nitrogens with zero attached hydrogens (tertiary/aromatic N) is 4. The zero-order chi connectivity index (χ0) is 40.6. The second-order valence-corrected chi connectivity index (χ2v) is 16.2. The van der Waals surface area contributed by atoms with Gasteiger partial charge in [0.25, 0.3) is 17.7 Å².